The van der Waals surface area contributed by atoms with E-state index in [1.807, 2.05) is 0 Å². The van der Waals surface area contributed by atoms with Crippen LogP contribution in [0.15, 0.2) is 163 Å². The second kappa shape index (κ2) is 21.4. The van der Waals surface area contributed by atoms with Crippen LogP contribution in [0.1, 0.15) is 119 Å². The van der Waals surface area contributed by atoms with E-state index >= 15 is 0 Å². The molecular weight excluding hydrogens is 1190 g/mol. The molecule has 5 heterocycles. The third-order valence-electron chi connectivity index (χ3n) is 14.5. The quantitative estimate of drug-likeness (QED) is 0.0697. The van der Waals surface area contributed by atoms with Crippen LogP contribution in [0.25, 0.3) is 0 Å². The molecule has 8 aromatic rings. The summed E-state index contributed by atoms with van der Waals surface area (Å²) in [5, 5.41) is 0. The molecule has 1 aliphatic heterocycles. The van der Waals surface area contributed by atoms with E-state index in [2.05, 4.69) is 229 Å². The molecule has 1 aliphatic rings. The largest absolute Gasteiger partial charge is 0.360 e. The molecule has 0 fully saturated rings. The molecule has 0 saturated heterocycles. The minimum Gasteiger partial charge on any atom is -0.360 e. The van der Waals surface area contributed by atoms with Crippen molar-refractivity contribution < 1.29 is 0 Å². The number of nitrogens with one attached hydrogen (secondary N) is 4. The van der Waals surface area contributed by atoms with Crippen molar-refractivity contribution in [1.29, 1.82) is 0 Å². The first-order valence-corrected chi connectivity index (χ1v) is 28.5. The zero-order valence-corrected chi connectivity index (χ0v) is 46.7. The second-order valence-electron chi connectivity index (χ2n) is 18.0. The maximum Gasteiger partial charge on any atom is 0.0752 e. The highest BCUT2D eigenvalue weighted by atomic mass is 79.9. The van der Waals surface area contributed by atoms with E-state index in [9.17, 15) is 0 Å². The van der Waals surface area contributed by atoms with Gasteiger partial charge < -0.3 is 19.9 Å². The van der Waals surface area contributed by atoms with E-state index in [1.165, 1.54) is 0 Å². The van der Waals surface area contributed by atoms with Crippen LogP contribution in [0.4, 0.5) is 0 Å². The molecule has 9 rings (SSSR count). The molecular formula is C56H52Br4Cl4N4. The summed E-state index contributed by atoms with van der Waals surface area (Å²) in [6.45, 7) is 0. The van der Waals surface area contributed by atoms with Gasteiger partial charge in [0, 0.05) is 87.0 Å². The molecule has 0 atom stereocenters. The number of rotatable bonds is 16. The molecule has 4 N–H and O–H groups in total. The van der Waals surface area contributed by atoms with Gasteiger partial charge in [-0.1, -0.05) is 112 Å². The lowest BCUT2D eigenvalue weighted by molar-refractivity contribution is 0.484. The van der Waals surface area contributed by atoms with E-state index < -0.39 is 21.7 Å². The van der Waals surface area contributed by atoms with Gasteiger partial charge in [-0.25, -0.2) is 0 Å². The van der Waals surface area contributed by atoms with Crippen LogP contribution in [0.5, 0.6) is 0 Å². The molecule has 0 amide bonds. The minimum absolute atomic E-state index is 0.511. The third kappa shape index (κ3) is 8.92. The molecule has 8 bridgehead atoms. The van der Waals surface area contributed by atoms with Crippen molar-refractivity contribution in [1.82, 2.24) is 19.9 Å². The van der Waals surface area contributed by atoms with Crippen LogP contribution in [0.2, 0.25) is 0 Å². The zero-order valence-electron chi connectivity index (χ0n) is 37.4. The Morgan fingerprint density at radius 1 is 0.265 bits per heavy atom. The van der Waals surface area contributed by atoms with Crippen molar-refractivity contribution in [2.45, 2.75) is 73.0 Å². The number of halogens is 8. The van der Waals surface area contributed by atoms with Gasteiger partial charge in [0.25, 0.3) is 0 Å². The number of fused-ring (bicyclic) bond motifs is 8. The fourth-order valence-corrected chi connectivity index (χ4v) is 12.9. The molecule has 0 radical (unpaired) electrons. The van der Waals surface area contributed by atoms with E-state index in [0.717, 1.165) is 137 Å². The topological polar surface area (TPSA) is 63.2 Å². The number of benzene rings is 4. The van der Waals surface area contributed by atoms with Gasteiger partial charge in [0.2, 0.25) is 0 Å². The normalized spacial score (nSPS) is 21.3. The highest BCUT2D eigenvalue weighted by Gasteiger charge is 2.48. The monoisotopic (exact) mass is 1240 g/mol. The van der Waals surface area contributed by atoms with Gasteiger partial charge in [0.15, 0.2) is 0 Å². The standard InChI is InChI=1S/C56H52Br4Cl4N4/c57-41-13-5-37(6-14-41)53(29-1-33-61)45-21-23-47(65-45)54(30-2-34-62,38-7-15-42(58)16-8-38)49-25-27-51(67-49)56(32-4-36-64,40-11-19-44(60)20-12-40)52-28-26-50(68-52)55(31-3-35-63,48-24-22-46(53)66-48)39-9-17-43(59)18-10-39/h5-28,65-68H,1-4,29-36H2. The van der Waals surface area contributed by atoms with Crippen molar-refractivity contribution in [2.24, 2.45) is 0 Å². The van der Waals surface area contributed by atoms with E-state index in [4.69, 9.17) is 46.4 Å². The first kappa shape index (κ1) is 50.0. The average molecular weight is 1240 g/mol. The Labute approximate surface area is 453 Å². The minimum atomic E-state index is -0.668. The fourth-order valence-electron chi connectivity index (χ4n) is 11.3. The molecule has 4 nitrogen and oxygen atoms in total. The first-order chi connectivity index (χ1) is 33.1. The molecule has 4 aromatic carbocycles. The van der Waals surface area contributed by atoms with Gasteiger partial charge in [-0.3, -0.25) is 0 Å². The SMILES string of the molecule is ClCCCC1(c2ccc(Br)cc2)c2ccc([nH]2)C(CCCCl)(c2ccc(Br)cc2)c2ccc([nH]2)C(CCCCl)(c2ccc(Br)cc2)c2ccc([nH]2)C(CCCCl)(c2ccc(Br)cc2)c2ccc1[nH]2. The first-order valence-electron chi connectivity index (χ1n) is 23.2. The summed E-state index contributed by atoms with van der Waals surface area (Å²) in [6.07, 6.45) is 6.07. The maximum atomic E-state index is 6.73. The lowest BCUT2D eigenvalue weighted by Gasteiger charge is -2.38. The van der Waals surface area contributed by atoms with E-state index in [0.29, 0.717) is 23.5 Å². The van der Waals surface area contributed by atoms with Crippen molar-refractivity contribution >= 4 is 110 Å². The number of alkyl halides is 4. The molecule has 0 saturated carbocycles. The van der Waals surface area contributed by atoms with E-state index in [1.54, 1.807) is 0 Å². The van der Waals surface area contributed by atoms with Gasteiger partial charge in [-0.05, 0) is 171 Å². The molecule has 0 spiro atoms. The van der Waals surface area contributed by atoms with Gasteiger partial charge >= 0.3 is 0 Å². The Bertz CT molecular complexity index is 2440. The number of hydrogen-bond acceptors (Lipinski definition) is 0. The Balaban J connectivity index is 1.45. The van der Waals surface area contributed by atoms with E-state index in [-0.39, 0.29) is 0 Å². The summed E-state index contributed by atoms with van der Waals surface area (Å²) in [6, 6.07) is 53.6. The summed E-state index contributed by atoms with van der Waals surface area (Å²) in [7, 11) is 0. The third-order valence-corrected chi connectivity index (χ3v) is 17.7. The van der Waals surface area contributed by atoms with Crippen molar-refractivity contribution in [3.63, 3.8) is 0 Å². The summed E-state index contributed by atoms with van der Waals surface area (Å²) in [5.41, 5.74) is 10.5. The van der Waals surface area contributed by atoms with Gasteiger partial charge in [-0.2, -0.15) is 0 Å². The number of hydrogen-bond donors (Lipinski definition) is 4. The predicted octanol–water partition coefficient (Wildman–Crippen LogP) is 17.8. The van der Waals surface area contributed by atoms with Crippen molar-refractivity contribution in [3.8, 4) is 0 Å². The summed E-state index contributed by atoms with van der Waals surface area (Å²) < 4.78 is 4.06. The van der Waals surface area contributed by atoms with Gasteiger partial charge in [-0.15, -0.1) is 46.4 Å². The van der Waals surface area contributed by atoms with Crippen LogP contribution < -0.4 is 0 Å². The van der Waals surface area contributed by atoms with Crippen molar-refractivity contribution in [2.75, 3.05) is 23.5 Å². The van der Waals surface area contributed by atoms with Crippen LogP contribution in [0.3, 0.4) is 0 Å². The lowest BCUT2D eigenvalue weighted by Crippen LogP contribution is -2.35. The van der Waals surface area contributed by atoms with Crippen LogP contribution in [-0.2, 0) is 21.7 Å². The zero-order chi connectivity index (χ0) is 47.5. The number of aromatic amines is 4. The Morgan fingerprint density at radius 3 is 0.574 bits per heavy atom. The average Bonchev–Trinajstić information content (AvgIpc) is 4.22. The fraction of sp³-hybridized carbons (Fsp3) is 0.286. The van der Waals surface area contributed by atoms with Crippen molar-refractivity contribution in [3.05, 3.63) is 231 Å². The molecule has 4 aromatic heterocycles. The van der Waals surface area contributed by atoms with Gasteiger partial charge in [0.1, 0.15) is 0 Å². The summed E-state index contributed by atoms with van der Waals surface area (Å²) in [5.74, 6) is 2.04. The van der Waals surface area contributed by atoms with Crippen LogP contribution >= 0.6 is 110 Å². The summed E-state index contributed by atoms with van der Waals surface area (Å²) >= 11 is 42.0. The maximum absolute atomic E-state index is 6.73. The molecule has 0 aliphatic carbocycles. The molecule has 12 heteroatoms. The number of H-pyrrole nitrogens is 4. The molecule has 352 valence electrons. The highest BCUT2D eigenvalue weighted by Crippen LogP contribution is 2.52. The molecule has 68 heavy (non-hydrogen) atoms. The second-order valence-corrected chi connectivity index (χ2v) is 23.1. The highest BCUT2D eigenvalue weighted by molar-refractivity contribution is 9.11. The predicted molar refractivity (Wildman–Crippen MR) is 299 cm³/mol. The van der Waals surface area contributed by atoms with Crippen LogP contribution in [-0.4, -0.2) is 43.5 Å². The smallest absolute Gasteiger partial charge is 0.0752 e. The Morgan fingerprint density at radius 2 is 0.426 bits per heavy atom. The number of aromatic nitrogens is 4. The summed E-state index contributed by atoms with van der Waals surface area (Å²) in [4.78, 5) is 16.8. The Hall–Kier alpha value is -2.92. The lowest BCUT2D eigenvalue weighted by atomic mass is 9.71. The van der Waals surface area contributed by atoms with Gasteiger partial charge in [0.05, 0.1) is 21.7 Å². The molecule has 0 unspecified atom stereocenters. The van der Waals surface area contributed by atoms with Crippen LogP contribution in [0, 0.1) is 0 Å². The Kier molecular flexibility index (Phi) is 15.8.